The standard InChI is InChI=1S/C20H19Cl2NO4/c1-11-10-13(20(25)27-3)12-6-4-5-7-16(12)23(11)19(24)17-14(21)8-9-15(22)18(17)26-2/h4-9,11,13H,10H2,1-3H3. The molecule has 0 aliphatic carbocycles. The molecular weight excluding hydrogens is 389 g/mol. The molecule has 0 fully saturated rings. The third-order valence-corrected chi connectivity index (χ3v) is 5.38. The number of ether oxygens (including phenoxy) is 2. The lowest BCUT2D eigenvalue weighted by molar-refractivity contribution is -0.142. The Morgan fingerprint density at radius 1 is 1.07 bits per heavy atom. The normalized spacial score (nSPS) is 18.6. The number of benzene rings is 2. The molecule has 0 bridgehead atoms. The van der Waals surface area contributed by atoms with Gasteiger partial charge in [-0.3, -0.25) is 9.59 Å². The zero-order valence-corrected chi connectivity index (χ0v) is 16.7. The van der Waals surface area contributed by atoms with Crippen molar-refractivity contribution >= 4 is 40.8 Å². The first-order valence-electron chi connectivity index (χ1n) is 8.43. The van der Waals surface area contributed by atoms with Crippen LogP contribution in [0.1, 0.15) is 35.2 Å². The van der Waals surface area contributed by atoms with E-state index in [9.17, 15) is 9.59 Å². The van der Waals surface area contributed by atoms with Crippen molar-refractivity contribution < 1.29 is 19.1 Å². The van der Waals surface area contributed by atoms with Gasteiger partial charge < -0.3 is 14.4 Å². The molecule has 1 heterocycles. The largest absolute Gasteiger partial charge is 0.494 e. The Hall–Kier alpha value is -2.24. The molecule has 0 aromatic heterocycles. The molecule has 1 aliphatic heterocycles. The minimum atomic E-state index is -0.429. The predicted molar refractivity (Wildman–Crippen MR) is 105 cm³/mol. The fraction of sp³-hybridized carbons (Fsp3) is 0.300. The third kappa shape index (κ3) is 3.37. The highest BCUT2D eigenvalue weighted by molar-refractivity contribution is 6.38. The average Bonchev–Trinajstić information content (AvgIpc) is 2.67. The number of carbonyl (C=O) groups excluding carboxylic acids is 2. The Morgan fingerprint density at radius 2 is 1.74 bits per heavy atom. The van der Waals surface area contributed by atoms with E-state index in [1.165, 1.54) is 14.2 Å². The van der Waals surface area contributed by atoms with Gasteiger partial charge in [-0.25, -0.2) is 0 Å². The Kier molecular flexibility index (Phi) is 5.63. The van der Waals surface area contributed by atoms with E-state index in [-0.39, 0.29) is 34.3 Å². The van der Waals surface area contributed by atoms with Gasteiger partial charge in [-0.15, -0.1) is 0 Å². The highest BCUT2D eigenvalue weighted by Crippen LogP contribution is 2.42. The average molecular weight is 408 g/mol. The Bertz CT molecular complexity index is 900. The fourth-order valence-electron chi connectivity index (χ4n) is 3.54. The molecule has 1 amide bonds. The summed E-state index contributed by atoms with van der Waals surface area (Å²) < 4.78 is 10.3. The van der Waals surface area contributed by atoms with Gasteiger partial charge in [-0.2, -0.15) is 0 Å². The van der Waals surface area contributed by atoms with E-state index in [0.29, 0.717) is 17.1 Å². The molecule has 2 atom stereocenters. The van der Waals surface area contributed by atoms with Crippen LogP contribution in [0.4, 0.5) is 5.69 Å². The molecule has 3 rings (SSSR count). The molecule has 2 unspecified atom stereocenters. The summed E-state index contributed by atoms with van der Waals surface area (Å²) in [7, 11) is 2.80. The molecule has 0 saturated heterocycles. The summed E-state index contributed by atoms with van der Waals surface area (Å²) in [5.74, 6) is -0.849. The molecule has 7 heteroatoms. The van der Waals surface area contributed by atoms with Gasteiger partial charge in [0.05, 0.1) is 30.2 Å². The van der Waals surface area contributed by atoms with Crippen LogP contribution in [0.15, 0.2) is 36.4 Å². The van der Waals surface area contributed by atoms with Gasteiger partial charge >= 0.3 is 5.97 Å². The number of carbonyl (C=O) groups is 2. The van der Waals surface area contributed by atoms with E-state index in [1.54, 1.807) is 17.0 Å². The summed E-state index contributed by atoms with van der Waals surface area (Å²) in [5.41, 5.74) is 1.59. The third-order valence-electron chi connectivity index (χ3n) is 4.77. The van der Waals surface area contributed by atoms with Crippen molar-refractivity contribution in [3.05, 3.63) is 57.6 Å². The summed E-state index contributed by atoms with van der Waals surface area (Å²) in [6.07, 6.45) is 0.440. The van der Waals surface area contributed by atoms with Crippen LogP contribution in [-0.4, -0.2) is 32.1 Å². The first kappa shape index (κ1) is 19.5. The highest BCUT2D eigenvalue weighted by Gasteiger charge is 2.39. The van der Waals surface area contributed by atoms with Crippen LogP contribution < -0.4 is 9.64 Å². The monoisotopic (exact) mass is 407 g/mol. The van der Waals surface area contributed by atoms with Crippen LogP contribution in [0.3, 0.4) is 0 Å². The van der Waals surface area contributed by atoms with Crippen molar-refractivity contribution in [1.82, 2.24) is 0 Å². The Morgan fingerprint density at radius 3 is 2.41 bits per heavy atom. The summed E-state index contributed by atoms with van der Waals surface area (Å²) in [4.78, 5) is 27.3. The van der Waals surface area contributed by atoms with Crippen molar-refractivity contribution in [2.24, 2.45) is 0 Å². The van der Waals surface area contributed by atoms with Crippen molar-refractivity contribution in [3.8, 4) is 5.75 Å². The minimum Gasteiger partial charge on any atom is -0.494 e. The molecule has 0 spiro atoms. The van der Waals surface area contributed by atoms with Gasteiger partial charge in [0, 0.05) is 11.7 Å². The maximum Gasteiger partial charge on any atom is 0.313 e. The van der Waals surface area contributed by atoms with E-state index >= 15 is 0 Å². The lowest BCUT2D eigenvalue weighted by Gasteiger charge is -2.38. The molecular formula is C20H19Cl2NO4. The summed E-state index contributed by atoms with van der Waals surface area (Å²) in [6.45, 7) is 1.88. The minimum absolute atomic E-state index is 0.199. The number of amides is 1. The van der Waals surface area contributed by atoms with Crippen LogP contribution in [-0.2, 0) is 9.53 Å². The van der Waals surface area contributed by atoms with E-state index in [1.807, 2.05) is 31.2 Å². The number of methoxy groups -OCH3 is 2. The number of nitrogens with zero attached hydrogens (tertiary/aromatic N) is 1. The molecule has 0 N–H and O–H groups in total. The van der Waals surface area contributed by atoms with Crippen molar-refractivity contribution in [2.45, 2.75) is 25.3 Å². The zero-order chi connectivity index (χ0) is 19.7. The molecule has 0 saturated carbocycles. The highest BCUT2D eigenvalue weighted by atomic mass is 35.5. The van der Waals surface area contributed by atoms with Crippen molar-refractivity contribution in [2.75, 3.05) is 19.1 Å². The van der Waals surface area contributed by atoms with Gasteiger partial charge in [0.25, 0.3) is 5.91 Å². The van der Waals surface area contributed by atoms with E-state index < -0.39 is 5.92 Å². The first-order valence-corrected chi connectivity index (χ1v) is 9.18. The molecule has 2 aromatic rings. The number of fused-ring (bicyclic) bond motifs is 1. The quantitative estimate of drug-likeness (QED) is 0.691. The number of hydrogen-bond acceptors (Lipinski definition) is 4. The number of esters is 1. The molecule has 27 heavy (non-hydrogen) atoms. The van der Waals surface area contributed by atoms with Crippen LogP contribution >= 0.6 is 23.2 Å². The number of para-hydroxylation sites is 1. The van der Waals surface area contributed by atoms with E-state index in [0.717, 1.165) is 5.56 Å². The van der Waals surface area contributed by atoms with Crippen LogP contribution in [0.25, 0.3) is 0 Å². The second-order valence-corrected chi connectivity index (χ2v) is 7.15. The summed E-state index contributed by atoms with van der Waals surface area (Å²) >= 11 is 12.5. The smallest absolute Gasteiger partial charge is 0.313 e. The van der Waals surface area contributed by atoms with Crippen LogP contribution in [0, 0.1) is 0 Å². The van der Waals surface area contributed by atoms with Gasteiger partial charge in [-0.1, -0.05) is 41.4 Å². The lowest BCUT2D eigenvalue weighted by atomic mass is 9.85. The van der Waals surface area contributed by atoms with Crippen molar-refractivity contribution in [3.63, 3.8) is 0 Å². The lowest BCUT2D eigenvalue weighted by Crippen LogP contribution is -2.44. The topological polar surface area (TPSA) is 55.8 Å². The second-order valence-electron chi connectivity index (χ2n) is 6.33. The first-order chi connectivity index (χ1) is 12.9. The number of rotatable bonds is 3. The number of anilines is 1. The van der Waals surface area contributed by atoms with Crippen LogP contribution in [0.5, 0.6) is 5.75 Å². The van der Waals surface area contributed by atoms with E-state index in [4.69, 9.17) is 32.7 Å². The zero-order valence-electron chi connectivity index (χ0n) is 15.2. The Labute approximate surface area is 167 Å². The predicted octanol–water partition coefficient (Wildman–Crippen LogP) is 4.70. The molecule has 1 aliphatic rings. The molecule has 5 nitrogen and oxygen atoms in total. The maximum atomic E-state index is 13.5. The van der Waals surface area contributed by atoms with Gasteiger partial charge in [0.2, 0.25) is 0 Å². The van der Waals surface area contributed by atoms with E-state index in [2.05, 4.69) is 0 Å². The molecule has 142 valence electrons. The summed E-state index contributed by atoms with van der Waals surface area (Å²) in [5, 5.41) is 0.552. The Balaban J connectivity index is 2.13. The van der Waals surface area contributed by atoms with Gasteiger partial charge in [-0.05, 0) is 37.1 Å². The van der Waals surface area contributed by atoms with Crippen LogP contribution in [0.2, 0.25) is 10.0 Å². The number of halogens is 2. The van der Waals surface area contributed by atoms with Gasteiger partial charge in [0.1, 0.15) is 5.56 Å². The molecule has 0 radical (unpaired) electrons. The second kappa shape index (κ2) is 7.79. The van der Waals surface area contributed by atoms with Crippen molar-refractivity contribution in [1.29, 1.82) is 0 Å². The van der Waals surface area contributed by atoms with Gasteiger partial charge in [0.15, 0.2) is 5.75 Å². The SMILES string of the molecule is COC(=O)C1CC(C)N(C(=O)c2c(Cl)ccc(Cl)c2OC)c2ccccc21. The maximum absolute atomic E-state index is 13.5. The molecule has 2 aromatic carbocycles. The number of hydrogen-bond donors (Lipinski definition) is 0. The summed E-state index contributed by atoms with van der Waals surface area (Å²) in [6, 6.07) is 10.2. The fourth-order valence-corrected chi connectivity index (χ4v) is 4.00.